The molecule has 0 unspecified atom stereocenters. The summed E-state index contributed by atoms with van der Waals surface area (Å²) in [6.45, 7) is 3.47. The quantitative estimate of drug-likeness (QED) is 0.449. The molecule has 0 bridgehead atoms. The standard InChI is InChI=1S/C12H13ClOS/c1-8(9(2)13)12(14)10-4-6-11(15-3)7-5-10/h4-7H,1-3H3/b9-8-. The fourth-order valence-corrected chi connectivity index (χ4v) is 1.61. The number of rotatable bonds is 3. The summed E-state index contributed by atoms with van der Waals surface area (Å²) in [5, 5.41) is 0.550. The van der Waals surface area contributed by atoms with Crippen LogP contribution in [0.15, 0.2) is 39.8 Å². The van der Waals surface area contributed by atoms with Gasteiger partial charge in [0.1, 0.15) is 0 Å². The molecule has 0 fully saturated rings. The van der Waals surface area contributed by atoms with E-state index in [1.54, 1.807) is 25.6 Å². The predicted octanol–water partition coefficient (Wildman–Crippen LogP) is 4.12. The second-order valence-corrected chi connectivity index (χ2v) is 4.66. The molecular weight excluding hydrogens is 228 g/mol. The molecule has 1 nitrogen and oxygen atoms in total. The Kier molecular flexibility index (Phi) is 4.43. The molecule has 1 aromatic carbocycles. The molecule has 0 aromatic heterocycles. The Labute approximate surface area is 99.5 Å². The molecule has 0 atom stereocenters. The van der Waals surface area contributed by atoms with Crippen LogP contribution in [0.4, 0.5) is 0 Å². The molecule has 0 saturated heterocycles. The van der Waals surface area contributed by atoms with Crippen molar-refractivity contribution in [3.8, 4) is 0 Å². The minimum absolute atomic E-state index is 0.00449. The highest BCUT2D eigenvalue weighted by atomic mass is 35.5. The number of allylic oxidation sites excluding steroid dienone is 2. The summed E-state index contributed by atoms with van der Waals surface area (Å²) in [4.78, 5) is 13.0. The minimum Gasteiger partial charge on any atom is -0.289 e. The Balaban J connectivity index is 2.98. The maximum Gasteiger partial charge on any atom is 0.189 e. The van der Waals surface area contributed by atoms with Gasteiger partial charge in [-0.25, -0.2) is 0 Å². The second kappa shape index (κ2) is 5.38. The fourth-order valence-electron chi connectivity index (χ4n) is 1.12. The lowest BCUT2D eigenvalue weighted by Crippen LogP contribution is -2.01. The maximum atomic E-state index is 11.8. The Morgan fingerprint density at radius 2 is 1.73 bits per heavy atom. The van der Waals surface area contributed by atoms with Crippen molar-refractivity contribution in [1.29, 1.82) is 0 Å². The van der Waals surface area contributed by atoms with E-state index >= 15 is 0 Å². The number of carbonyl (C=O) groups excluding carboxylic acids is 1. The summed E-state index contributed by atoms with van der Waals surface area (Å²) in [6.07, 6.45) is 2.00. The van der Waals surface area contributed by atoms with Gasteiger partial charge in [-0.2, -0.15) is 0 Å². The predicted molar refractivity (Wildman–Crippen MR) is 66.8 cm³/mol. The van der Waals surface area contributed by atoms with Crippen LogP contribution in [0.3, 0.4) is 0 Å². The van der Waals surface area contributed by atoms with Gasteiger partial charge in [0.25, 0.3) is 0 Å². The third-order valence-electron chi connectivity index (χ3n) is 2.21. The third kappa shape index (κ3) is 3.11. The molecule has 0 aliphatic carbocycles. The summed E-state index contributed by atoms with van der Waals surface area (Å²) in [5.74, 6) is -0.00449. The minimum atomic E-state index is -0.00449. The zero-order valence-corrected chi connectivity index (χ0v) is 10.6. The first-order chi connectivity index (χ1) is 7.06. The van der Waals surface area contributed by atoms with E-state index in [0.717, 1.165) is 4.90 Å². The number of halogens is 1. The van der Waals surface area contributed by atoms with Gasteiger partial charge in [-0.3, -0.25) is 4.79 Å². The number of hydrogen-bond acceptors (Lipinski definition) is 2. The molecule has 0 N–H and O–H groups in total. The maximum absolute atomic E-state index is 11.8. The molecule has 0 saturated carbocycles. The Morgan fingerprint density at radius 1 is 1.20 bits per heavy atom. The van der Waals surface area contributed by atoms with Crippen molar-refractivity contribution >= 4 is 29.1 Å². The van der Waals surface area contributed by atoms with Gasteiger partial charge in [0.15, 0.2) is 5.78 Å². The summed E-state index contributed by atoms with van der Waals surface area (Å²) in [6, 6.07) is 7.54. The number of hydrogen-bond donors (Lipinski definition) is 0. The van der Waals surface area contributed by atoms with Crippen molar-refractivity contribution in [3.05, 3.63) is 40.4 Å². The highest BCUT2D eigenvalue weighted by Crippen LogP contribution is 2.18. The van der Waals surface area contributed by atoms with Gasteiger partial charge in [-0.1, -0.05) is 11.6 Å². The largest absolute Gasteiger partial charge is 0.289 e. The summed E-state index contributed by atoms with van der Waals surface area (Å²) >= 11 is 7.44. The van der Waals surface area contributed by atoms with Gasteiger partial charge in [-0.05, 0) is 44.4 Å². The average Bonchev–Trinajstić information content (AvgIpc) is 2.27. The van der Waals surface area contributed by atoms with E-state index in [1.807, 2.05) is 30.5 Å². The summed E-state index contributed by atoms with van der Waals surface area (Å²) in [5.41, 5.74) is 1.29. The van der Waals surface area contributed by atoms with Crippen LogP contribution in [0.25, 0.3) is 0 Å². The first kappa shape index (κ1) is 12.3. The van der Waals surface area contributed by atoms with Crippen LogP contribution in [-0.4, -0.2) is 12.0 Å². The van der Waals surface area contributed by atoms with E-state index in [0.29, 0.717) is 16.2 Å². The summed E-state index contributed by atoms with van der Waals surface area (Å²) < 4.78 is 0. The van der Waals surface area contributed by atoms with E-state index < -0.39 is 0 Å². The molecule has 3 heteroatoms. The van der Waals surface area contributed by atoms with Gasteiger partial charge in [0, 0.05) is 21.1 Å². The Bertz CT molecular complexity index is 389. The summed E-state index contributed by atoms with van der Waals surface area (Å²) in [7, 11) is 0. The zero-order valence-electron chi connectivity index (χ0n) is 9.00. The van der Waals surface area contributed by atoms with Crippen LogP contribution < -0.4 is 0 Å². The molecule has 1 rings (SSSR count). The lowest BCUT2D eigenvalue weighted by molar-refractivity contribution is 0.103. The highest BCUT2D eigenvalue weighted by Gasteiger charge is 2.09. The molecule has 0 aliphatic rings. The Morgan fingerprint density at radius 3 is 2.13 bits per heavy atom. The number of ketones is 1. The molecule has 0 spiro atoms. The molecule has 0 radical (unpaired) electrons. The zero-order chi connectivity index (χ0) is 11.4. The van der Waals surface area contributed by atoms with Crippen LogP contribution in [0.5, 0.6) is 0 Å². The van der Waals surface area contributed by atoms with Crippen LogP contribution in [0.2, 0.25) is 0 Å². The van der Waals surface area contributed by atoms with Crippen molar-refractivity contribution in [3.63, 3.8) is 0 Å². The average molecular weight is 241 g/mol. The van der Waals surface area contributed by atoms with Crippen LogP contribution in [0.1, 0.15) is 24.2 Å². The topological polar surface area (TPSA) is 17.1 Å². The second-order valence-electron chi connectivity index (χ2n) is 3.22. The molecule has 0 aliphatic heterocycles. The van der Waals surface area contributed by atoms with Crippen molar-refractivity contribution < 1.29 is 4.79 Å². The van der Waals surface area contributed by atoms with Crippen LogP contribution in [0, 0.1) is 0 Å². The van der Waals surface area contributed by atoms with Gasteiger partial charge in [0.2, 0.25) is 0 Å². The molecule has 0 heterocycles. The van der Waals surface area contributed by atoms with Gasteiger partial charge in [0.05, 0.1) is 0 Å². The lowest BCUT2D eigenvalue weighted by Gasteiger charge is -2.03. The first-order valence-corrected chi connectivity index (χ1v) is 6.18. The third-order valence-corrected chi connectivity index (χ3v) is 3.24. The Hall–Kier alpha value is -0.730. The SMILES string of the molecule is CSc1ccc(C(=O)/C(C)=C(/C)Cl)cc1. The molecule has 1 aromatic rings. The molecule has 15 heavy (non-hydrogen) atoms. The normalized spacial score (nSPS) is 12.3. The fraction of sp³-hybridized carbons (Fsp3) is 0.250. The molecule has 0 amide bonds. The van der Waals surface area contributed by atoms with E-state index in [9.17, 15) is 4.79 Å². The molecular formula is C12H13ClOS. The monoisotopic (exact) mass is 240 g/mol. The lowest BCUT2D eigenvalue weighted by atomic mass is 10.1. The van der Waals surface area contributed by atoms with E-state index in [-0.39, 0.29) is 5.78 Å². The highest BCUT2D eigenvalue weighted by molar-refractivity contribution is 7.98. The number of thioether (sulfide) groups is 1. The first-order valence-electron chi connectivity index (χ1n) is 4.58. The van der Waals surface area contributed by atoms with Crippen LogP contribution >= 0.6 is 23.4 Å². The molecule has 80 valence electrons. The van der Waals surface area contributed by atoms with E-state index in [4.69, 9.17) is 11.6 Å². The van der Waals surface area contributed by atoms with Gasteiger partial charge >= 0.3 is 0 Å². The van der Waals surface area contributed by atoms with E-state index in [1.165, 1.54) is 0 Å². The van der Waals surface area contributed by atoms with Gasteiger partial charge in [-0.15, -0.1) is 11.8 Å². The van der Waals surface area contributed by atoms with Crippen molar-refractivity contribution in [1.82, 2.24) is 0 Å². The van der Waals surface area contributed by atoms with Crippen molar-refractivity contribution in [2.45, 2.75) is 18.7 Å². The smallest absolute Gasteiger partial charge is 0.189 e. The van der Waals surface area contributed by atoms with Gasteiger partial charge < -0.3 is 0 Å². The van der Waals surface area contributed by atoms with E-state index in [2.05, 4.69) is 0 Å². The van der Waals surface area contributed by atoms with Crippen molar-refractivity contribution in [2.75, 3.05) is 6.26 Å². The number of Topliss-reactive ketones (excluding diaryl/α,β-unsaturated/α-hetero) is 1. The van der Waals surface area contributed by atoms with Crippen LogP contribution in [-0.2, 0) is 0 Å². The van der Waals surface area contributed by atoms with Crippen molar-refractivity contribution in [2.24, 2.45) is 0 Å². The number of benzene rings is 1. The number of carbonyl (C=O) groups is 1.